The van der Waals surface area contributed by atoms with Crippen LogP contribution in [0.25, 0.3) is 0 Å². The van der Waals surface area contributed by atoms with Gasteiger partial charge in [0, 0.05) is 17.5 Å². The number of rotatable bonds is 8. The average molecular weight is 320 g/mol. The molecule has 1 rings (SSSR count). The van der Waals surface area contributed by atoms with Crippen molar-refractivity contribution in [3.8, 4) is 0 Å². The quantitative estimate of drug-likeness (QED) is 0.762. The van der Waals surface area contributed by atoms with Gasteiger partial charge >= 0.3 is 0 Å². The van der Waals surface area contributed by atoms with E-state index in [2.05, 4.69) is 23.5 Å². The largest absolute Gasteiger partial charge is 0.391 e. The molecule has 0 saturated carbocycles. The van der Waals surface area contributed by atoms with Crippen molar-refractivity contribution in [3.63, 3.8) is 0 Å². The van der Waals surface area contributed by atoms with E-state index in [1.165, 1.54) is 0 Å². The van der Waals surface area contributed by atoms with Crippen LogP contribution < -0.4 is 4.72 Å². The zero-order chi connectivity index (χ0) is 15.3. The highest BCUT2D eigenvalue weighted by Gasteiger charge is 2.21. The van der Waals surface area contributed by atoms with Crippen molar-refractivity contribution in [3.05, 3.63) is 16.5 Å². The smallest absolute Gasteiger partial charge is 0.250 e. The van der Waals surface area contributed by atoms with Gasteiger partial charge < -0.3 is 10.0 Å². The van der Waals surface area contributed by atoms with Gasteiger partial charge in [-0.05, 0) is 38.6 Å². The first-order valence-corrected chi connectivity index (χ1v) is 9.08. The van der Waals surface area contributed by atoms with Gasteiger partial charge in [-0.3, -0.25) is 0 Å². The maximum atomic E-state index is 12.3. The second-order valence-electron chi connectivity index (χ2n) is 4.84. The molecule has 0 saturated heterocycles. The van der Waals surface area contributed by atoms with Crippen LogP contribution in [0.2, 0.25) is 0 Å². The molecule has 0 amide bonds. The second-order valence-corrected chi connectivity index (χ2v) is 7.92. The van der Waals surface area contributed by atoms with Crippen LogP contribution in [-0.4, -0.2) is 44.1 Å². The van der Waals surface area contributed by atoms with Crippen molar-refractivity contribution < 1.29 is 13.5 Å². The van der Waals surface area contributed by atoms with Crippen molar-refractivity contribution in [2.45, 2.75) is 44.6 Å². The molecule has 0 aliphatic heterocycles. The number of hydrogen-bond donors (Lipinski definition) is 2. The summed E-state index contributed by atoms with van der Waals surface area (Å²) in [6.45, 7) is 10.1. The Hall–Kier alpha value is -0.470. The van der Waals surface area contributed by atoms with E-state index in [1.807, 2.05) is 6.92 Å². The van der Waals surface area contributed by atoms with Crippen LogP contribution in [0.15, 0.2) is 10.3 Å². The number of aryl methyl sites for hydroxylation is 1. The van der Waals surface area contributed by atoms with E-state index in [1.54, 1.807) is 13.0 Å². The van der Waals surface area contributed by atoms with Crippen LogP contribution in [0.4, 0.5) is 0 Å². The summed E-state index contributed by atoms with van der Waals surface area (Å²) >= 11 is 1.12. The van der Waals surface area contributed by atoms with Crippen molar-refractivity contribution in [1.82, 2.24) is 9.62 Å². The molecular weight excluding hydrogens is 296 g/mol. The lowest BCUT2D eigenvalue weighted by molar-refractivity contribution is 0.282. The van der Waals surface area contributed by atoms with Crippen LogP contribution in [0.3, 0.4) is 0 Å². The fourth-order valence-corrected chi connectivity index (χ4v) is 4.71. The van der Waals surface area contributed by atoms with E-state index >= 15 is 0 Å². The van der Waals surface area contributed by atoms with Crippen LogP contribution in [0.1, 0.15) is 31.2 Å². The van der Waals surface area contributed by atoms with Crippen molar-refractivity contribution >= 4 is 21.4 Å². The minimum Gasteiger partial charge on any atom is -0.391 e. The Kier molecular flexibility index (Phi) is 6.60. The summed E-state index contributed by atoms with van der Waals surface area (Å²) in [5.74, 6) is 0. The number of aliphatic hydroxyl groups is 1. The molecular formula is C13H24N2O3S2. The van der Waals surface area contributed by atoms with E-state index in [-0.39, 0.29) is 16.9 Å². The SMILES string of the molecule is CCN(CC)CC(C)NS(=O)(=O)c1cc(C)c(CO)s1. The highest BCUT2D eigenvalue weighted by Crippen LogP contribution is 2.25. The Balaban J connectivity index is 2.78. The molecule has 1 unspecified atom stereocenters. The monoisotopic (exact) mass is 320 g/mol. The Morgan fingerprint density at radius 3 is 2.45 bits per heavy atom. The molecule has 20 heavy (non-hydrogen) atoms. The number of likely N-dealkylation sites (N-methyl/N-ethyl adjacent to an activating group) is 1. The Labute approximate surface area is 125 Å². The van der Waals surface area contributed by atoms with E-state index < -0.39 is 10.0 Å². The number of nitrogens with zero attached hydrogens (tertiary/aromatic N) is 1. The molecule has 0 radical (unpaired) electrons. The first kappa shape index (κ1) is 17.6. The van der Waals surface area contributed by atoms with Gasteiger partial charge in [0.2, 0.25) is 10.0 Å². The summed E-state index contributed by atoms with van der Waals surface area (Å²) in [5.41, 5.74) is 0.814. The Morgan fingerprint density at radius 1 is 1.40 bits per heavy atom. The van der Waals surface area contributed by atoms with E-state index in [0.717, 1.165) is 30.0 Å². The normalized spacial score (nSPS) is 13.9. The highest BCUT2D eigenvalue weighted by atomic mass is 32.2. The van der Waals surface area contributed by atoms with Gasteiger partial charge in [-0.15, -0.1) is 11.3 Å². The third-order valence-corrected chi connectivity index (χ3v) is 6.47. The van der Waals surface area contributed by atoms with Gasteiger partial charge in [-0.2, -0.15) is 0 Å². The number of aliphatic hydroxyl groups excluding tert-OH is 1. The molecule has 0 bridgehead atoms. The van der Waals surface area contributed by atoms with Crippen LogP contribution in [-0.2, 0) is 16.6 Å². The van der Waals surface area contributed by atoms with E-state index in [9.17, 15) is 8.42 Å². The van der Waals surface area contributed by atoms with Gasteiger partial charge in [-0.25, -0.2) is 13.1 Å². The van der Waals surface area contributed by atoms with Crippen molar-refractivity contribution in [2.24, 2.45) is 0 Å². The third kappa shape index (κ3) is 4.53. The minimum atomic E-state index is -3.50. The van der Waals surface area contributed by atoms with Crippen LogP contribution in [0, 0.1) is 6.92 Å². The lowest BCUT2D eigenvalue weighted by Gasteiger charge is -2.23. The van der Waals surface area contributed by atoms with E-state index in [4.69, 9.17) is 5.11 Å². The molecule has 1 aromatic heterocycles. The zero-order valence-electron chi connectivity index (χ0n) is 12.5. The first-order chi connectivity index (χ1) is 9.33. The minimum absolute atomic E-state index is 0.124. The van der Waals surface area contributed by atoms with Gasteiger partial charge in [0.1, 0.15) is 4.21 Å². The number of nitrogens with one attached hydrogen (secondary N) is 1. The molecule has 1 heterocycles. The number of sulfonamides is 1. The molecule has 5 nitrogen and oxygen atoms in total. The molecule has 0 aliphatic rings. The molecule has 0 spiro atoms. The Morgan fingerprint density at radius 2 is 2.00 bits per heavy atom. The average Bonchev–Trinajstić information content (AvgIpc) is 2.77. The molecule has 1 atom stereocenters. The van der Waals surface area contributed by atoms with E-state index in [0.29, 0.717) is 11.4 Å². The summed E-state index contributed by atoms with van der Waals surface area (Å²) in [6.07, 6.45) is 0. The summed E-state index contributed by atoms with van der Waals surface area (Å²) < 4.78 is 27.5. The molecule has 2 N–H and O–H groups in total. The van der Waals surface area contributed by atoms with Crippen molar-refractivity contribution in [2.75, 3.05) is 19.6 Å². The molecule has 7 heteroatoms. The van der Waals surface area contributed by atoms with Crippen LogP contribution in [0.5, 0.6) is 0 Å². The Bertz CT molecular complexity index is 522. The number of hydrogen-bond acceptors (Lipinski definition) is 5. The third-order valence-electron chi connectivity index (χ3n) is 3.19. The maximum Gasteiger partial charge on any atom is 0.250 e. The fourth-order valence-electron chi connectivity index (χ4n) is 2.01. The maximum absolute atomic E-state index is 12.3. The predicted molar refractivity (Wildman–Crippen MR) is 82.6 cm³/mol. The highest BCUT2D eigenvalue weighted by molar-refractivity contribution is 7.91. The first-order valence-electron chi connectivity index (χ1n) is 6.78. The molecule has 0 aromatic carbocycles. The molecule has 0 aliphatic carbocycles. The standard InChI is InChI=1S/C13H24N2O3S2/c1-5-15(6-2)8-11(4)14-20(17,18)13-7-10(3)12(9-16)19-13/h7,11,14,16H,5-6,8-9H2,1-4H3. The summed E-state index contributed by atoms with van der Waals surface area (Å²) in [7, 11) is -3.50. The van der Waals surface area contributed by atoms with Gasteiger partial charge in [-0.1, -0.05) is 13.8 Å². The second kappa shape index (κ2) is 7.51. The van der Waals surface area contributed by atoms with Gasteiger partial charge in [0.25, 0.3) is 0 Å². The fraction of sp³-hybridized carbons (Fsp3) is 0.692. The molecule has 116 valence electrons. The topological polar surface area (TPSA) is 69.6 Å². The van der Waals surface area contributed by atoms with Crippen molar-refractivity contribution in [1.29, 1.82) is 0 Å². The van der Waals surface area contributed by atoms with Gasteiger partial charge in [0.05, 0.1) is 6.61 Å². The summed E-state index contributed by atoms with van der Waals surface area (Å²) in [6, 6.07) is 1.46. The number of thiophene rings is 1. The van der Waals surface area contributed by atoms with Crippen LogP contribution >= 0.6 is 11.3 Å². The summed E-state index contributed by atoms with van der Waals surface area (Å²) in [4.78, 5) is 2.87. The lowest BCUT2D eigenvalue weighted by Crippen LogP contribution is -2.41. The zero-order valence-corrected chi connectivity index (χ0v) is 14.1. The summed E-state index contributed by atoms with van der Waals surface area (Å²) in [5, 5.41) is 9.15. The molecule has 0 fully saturated rings. The lowest BCUT2D eigenvalue weighted by atomic mass is 10.3. The molecule has 1 aromatic rings. The van der Waals surface area contributed by atoms with Gasteiger partial charge in [0.15, 0.2) is 0 Å². The predicted octanol–water partition coefficient (Wildman–Crippen LogP) is 1.56.